The number of thioether (sulfide) groups is 1. The van der Waals surface area contributed by atoms with E-state index in [0.29, 0.717) is 0 Å². The minimum absolute atomic E-state index is 0.995. The van der Waals surface area contributed by atoms with Crippen LogP contribution in [0.15, 0.2) is 89.8 Å². The highest BCUT2D eigenvalue weighted by atomic mass is 32.2. The second-order valence-electron chi connectivity index (χ2n) is 4.73. The molecule has 0 bridgehead atoms. The van der Waals surface area contributed by atoms with Crippen molar-refractivity contribution < 1.29 is 0 Å². The van der Waals surface area contributed by atoms with Crippen LogP contribution in [0.1, 0.15) is 5.56 Å². The van der Waals surface area contributed by atoms with Crippen molar-refractivity contribution in [3.05, 3.63) is 90.5 Å². The van der Waals surface area contributed by atoms with Crippen molar-refractivity contribution in [2.45, 2.75) is 10.6 Å². The third-order valence-electron chi connectivity index (χ3n) is 3.24. The van der Waals surface area contributed by atoms with Gasteiger partial charge in [-0.25, -0.2) is 5.41 Å². The Morgan fingerprint density at radius 3 is 1.96 bits per heavy atom. The molecular formula is C20H17NS2. The van der Waals surface area contributed by atoms with Gasteiger partial charge in [-0.15, -0.1) is 11.8 Å². The first-order valence-electron chi connectivity index (χ1n) is 7.20. The lowest BCUT2D eigenvalue weighted by Gasteiger charge is -2.09. The van der Waals surface area contributed by atoms with Gasteiger partial charge in [-0.3, -0.25) is 0 Å². The number of isothiocyanates is 1. The molecule has 0 amide bonds. The van der Waals surface area contributed by atoms with Crippen molar-refractivity contribution in [2.75, 3.05) is 0 Å². The van der Waals surface area contributed by atoms with Gasteiger partial charge in [0.2, 0.25) is 0 Å². The molecular weight excluding hydrogens is 318 g/mol. The van der Waals surface area contributed by atoms with Crippen molar-refractivity contribution in [1.82, 2.24) is 0 Å². The van der Waals surface area contributed by atoms with Crippen LogP contribution in [0.4, 0.5) is 0 Å². The Morgan fingerprint density at radius 2 is 1.30 bits per heavy atom. The number of hydrogen-bond donors (Lipinski definition) is 1. The maximum absolute atomic E-state index is 5.77. The molecule has 0 aliphatic rings. The first kappa shape index (κ1) is 17.2. The fourth-order valence-corrected chi connectivity index (χ4v) is 3.15. The number of benzene rings is 3. The molecule has 3 rings (SSSR count). The first-order valence-corrected chi connectivity index (χ1v) is 8.59. The van der Waals surface area contributed by atoms with Gasteiger partial charge in [-0.2, -0.15) is 0 Å². The second kappa shape index (κ2) is 9.75. The van der Waals surface area contributed by atoms with E-state index in [-0.39, 0.29) is 0 Å². The summed E-state index contributed by atoms with van der Waals surface area (Å²) in [5.41, 5.74) is 4.00. The summed E-state index contributed by atoms with van der Waals surface area (Å²) in [5.74, 6) is 0.995. The largest absolute Gasteiger partial charge is 0.248 e. The van der Waals surface area contributed by atoms with Crippen molar-refractivity contribution >= 4 is 29.1 Å². The number of rotatable bonds is 4. The molecule has 23 heavy (non-hydrogen) atoms. The lowest BCUT2D eigenvalue weighted by Crippen LogP contribution is -1.87. The number of nitrogens with one attached hydrogen (secondary N) is 1. The molecule has 114 valence electrons. The summed E-state index contributed by atoms with van der Waals surface area (Å²) in [7, 11) is 0. The molecule has 0 aliphatic heterocycles. The van der Waals surface area contributed by atoms with Crippen LogP contribution in [0.25, 0.3) is 11.1 Å². The average molecular weight is 335 g/mol. The van der Waals surface area contributed by atoms with Gasteiger partial charge in [-0.1, -0.05) is 72.8 Å². The van der Waals surface area contributed by atoms with Gasteiger partial charge in [0.15, 0.2) is 0 Å². The molecule has 1 N–H and O–H groups in total. The SMILES string of the molecule is N=C=S.c1ccc(SCc2ccccc2-c2ccccc2)cc1. The number of hydrogen-bond acceptors (Lipinski definition) is 3. The lowest BCUT2D eigenvalue weighted by molar-refractivity contribution is 1.38. The molecule has 0 fully saturated rings. The summed E-state index contributed by atoms with van der Waals surface area (Å²) in [5, 5.41) is 7.36. The van der Waals surface area contributed by atoms with E-state index in [1.165, 1.54) is 21.6 Å². The molecule has 0 aliphatic carbocycles. The summed E-state index contributed by atoms with van der Waals surface area (Å²) in [4.78, 5) is 1.32. The van der Waals surface area contributed by atoms with Gasteiger partial charge in [-0.05, 0) is 41.0 Å². The van der Waals surface area contributed by atoms with Crippen LogP contribution in [0.3, 0.4) is 0 Å². The smallest absolute Gasteiger partial charge is 0.0554 e. The average Bonchev–Trinajstić information content (AvgIpc) is 2.63. The maximum Gasteiger partial charge on any atom is 0.0554 e. The highest BCUT2D eigenvalue weighted by molar-refractivity contribution is 7.98. The first-order chi connectivity index (χ1) is 11.3. The van der Waals surface area contributed by atoms with Crippen LogP contribution >= 0.6 is 24.0 Å². The molecule has 3 aromatic carbocycles. The molecule has 0 heterocycles. The van der Waals surface area contributed by atoms with Crippen LogP contribution in [-0.2, 0) is 5.75 Å². The standard InChI is InChI=1S/C19H16S.CHNS/c1-3-9-16(10-4-1)19-14-8-7-11-17(19)15-20-18-12-5-2-6-13-18;2-1-3/h1-14H,15H2;2H. The van der Waals surface area contributed by atoms with Gasteiger partial charge in [0.25, 0.3) is 0 Å². The molecule has 0 atom stereocenters. The molecule has 0 aromatic heterocycles. The van der Waals surface area contributed by atoms with E-state index in [0.717, 1.165) is 5.75 Å². The van der Waals surface area contributed by atoms with Crippen molar-refractivity contribution in [3.63, 3.8) is 0 Å². The van der Waals surface area contributed by atoms with E-state index in [2.05, 4.69) is 97.1 Å². The van der Waals surface area contributed by atoms with Crippen LogP contribution in [0.5, 0.6) is 0 Å². The monoisotopic (exact) mass is 335 g/mol. The third kappa shape index (κ3) is 5.50. The quantitative estimate of drug-likeness (QED) is 0.343. The summed E-state index contributed by atoms with van der Waals surface area (Å²) in [6.07, 6.45) is 0. The third-order valence-corrected chi connectivity index (χ3v) is 4.30. The van der Waals surface area contributed by atoms with Gasteiger partial charge in [0.05, 0.1) is 5.16 Å². The highest BCUT2D eigenvalue weighted by Crippen LogP contribution is 2.29. The molecule has 3 aromatic rings. The van der Waals surface area contributed by atoms with Gasteiger partial charge < -0.3 is 0 Å². The second-order valence-corrected chi connectivity index (χ2v) is 5.98. The topological polar surface area (TPSA) is 23.9 Å². The molecule has 0 saturated carbocycles. The molecule has 0 spiro atoms. The molecule has 3 heteroatoms. The predicted molar refractivity (Wildman–Crippen MR) is 103 cm³/mol. The Morgan fingerprint density at radius 1 is 0.783 bits per heavy atom. The summed E-state index contributed by atoms with van der Waals surface area (Å²) >= 11 is 5.69. The Hall–Kier alpha value is -2.19. The Kier molecular flexibility index (Phi) is 7.28. The maximum atomic E-state index is 5.77. The Balaban J connectivity index is 0.000000595. The van der Waals surface area contributed by atoms with Crippen LogP contribution < -0.4 is 0 Å². The van der Waals surface area contributed by atoms with E-state index < -0.39 is 0 Å². The van der Waals surface area contributed by atoms with Gasteiger partial charge in [0.1, 0.15) is 0 Å². The van der Waals surface area contributed by atoms with Crippen molar-refractivity contribution in [3.8, 4) is 11.1 Å². The van der Waals surface area contributed by atoms with Crippen LogP contribution in [0, 0.1) is 5.41 Å². The lowest BCUT2D eigenvalue weighted by atomic mass is 10.0. The van der Waals surface area contributed by atoms with Gasteiger partial charge >= 0.3 is 0 Å². The summed E-state index contributed by atoms with van der Waals surface area (Å²) in [6.45, 7) is 0. The minimum atomic E-state index is 0.995. The highest BCUT2D eigenvalue weighted by Gasteiger charge is 2.04. The fraction of sp³-hybridized carbons (Fsp3) is 0.0500. The van der Waals surface area contributed by atoms with E-state index in [1.54, 1.807) is 5.16 Å². The Bertz CT molecular complexity index is 749. The van der Waals surface area contributed by atoms with E-state index in [4.69, 9.17) is 5.41 Å². The zero-order valence-electron chi connectivity index (χ0n) is 12.6. The Labute approximate surface area is 146 Å². The summed E-state index contributed by atoms with van der Waals surface area (Å²) in [6, 6.07) is 29.8. The normalized spacial score (nSPS) is 9.39. The minimum Gasteiger partial charge on any atom is -0.248 e. The number of thiocarbonyl (C=S) groups is 1. The van der Waals surface area contributed by atoms with Gasteiger partial charge in [0, 0.05) is 10.6 Å². The van der Waals surface area contributed by atoms with Crippen molar-refractivity contribution in [2.24, 2.45) is 0 Å². The predicted octanol–water partition coefficient (Wildman–Crippen LogP) is 6.31. The zero-order valence-corrected chi connectivity index (χ0v) is 14.2. The van der Waals surface area contributed by atoms with E-state index in [1.807, 2.05) is 11.8 Å². The van der Waals surface area contributed by atoms with Crippen LogP contribution in [0.2, 0.25) is 0 Å². The molecule has 1 nitrogen and oxygen atoms in total. The van der Waals surface area contributed by atoms with E-state index >= 15 is 0 Å². The zero-order chi connectivity index (χ0) is 16.3. The molecule has 0 radical (unpaired) electrons. The molecule has 0 unspecified atom stereocenters. The molecule has 0 saturated heterocycles. The van der Waals surface area contributed by atoms with Crippen molar-refractivity contribution in [1.29, 1.82) is 5.41 Å². The summed E-state index contributed by atoms with van der Waals surface area (Å²) < 4.78 is 0. The van der Waals surface area contributed by atoms with E-state index in [9.17, 15) is 0 Å². The fourth-order valence-electron chi connectivity index (χ4n) is 2.22. The van der Waals surface area contributed by atoms with Crippen LogP contribution in [-0.4, -0.2) is 5.16 Å².